The average molecular weight is 228 g/mol. The lowest BCUT2D eigenvalue weighted by molar-refractivity contribution is 0.268. The van der Waals surface area contributed by atoms with Crippen LogP contribution in [0.4, 0.5) is 0 Å². The van der Waals surface area contributed by atoms with Crippen molar-refractivity contribution in [1.29, 1.82) is 0 Å². The first kappa shape index (κ1) is 12.5. The number of hydrogen-bond donors (Lipinski definition) is 2. The van der Waals surface area contributed by atoms with E-state index >= 15 is 0 Å². The molecule has 2 nitrogen and oxygen atoms in total. The van der Waals surface area contributed by atoms with Crippen molar-refractivity contribution in [3.8, 4) is 0 Å². The molecule has 84 valence electrons. The fraction of sp³-hybridized carbons (Fsp3) is 0.500. The van der Waals surface area contributed by atoms with Crippen molar-refractivity contribution >= 4 is 11.6 Å². The number of hydrogen-bond acceptors (Lipinski definition) is 2. The largest absolute Gasteiger partial charge is 0.396 e. The topological polar surface area (TPSA) is 32.3 Å². The molecule has 1 rings (SSSR count). The molecule has 1 aromatic rings. The molecule has 0 aliphatic carbocycles. The van der Waals surface area contributed by atoms with Gasteiger partial charge in [0.05, 0.1) is 0 Å². The Hall–Kier alpha value is -0.570. The standard InChI is InChI=1S/C12H18ClNO/c1-9-7-11(3-4-12(9)13)8-14-10(2)5-6-15/h3-4,7,10,14-15H,5-6,8H2,1-2H3/t10-/m1/s1. The molecule has 2 N–H and O–H groups in total. The minimum atomic E-state index is 0.230. The highest BCUT2D eigenvalue weighted by molar-refractivity contribution is 6.31. The Bertz CT molecular complexity index is 314. The summed E-state index contributed by atoms with van der Waals surface area (Å²) in [4.78, 5) is 0. The zero-order valence-electron chi connectivity index (χ0n) is 9.26. The van der Waals surface area contributed by atoms with Gasteiger partial charge in [-0.15, -0.1) is 0 Å². The van der Waals surface area contributed by atoms with Crippen LogP contribution in [0.25, 0.3) is 0 Å². The molecule has 1 aromatic carbocycles. The van der Waals surface area contributed by atoms with Gasteiger partial charge in [-0.25, -0.2) is 0 Å². The van der Waals surface area contributed by atoms with E-state index in [1.165, 1.54) is 5.56 Å². The monoisotopic (exact) mass is 227 g/mol. The Morgan fingerprint density at radius 3 is 2.80 bits per heavy atom. The van der Waals surface area contributed by atoms with Crippen molar-refractivity contribution in [1.82, 2.24) is 5.32 Å². The molecule has 0 aliphatic rings. The van der Waals surface area contributed by atoms with E-state index < -0.39 is 0 Å². The molecule has 0 spiro atoms. The lowest BCUT2D eigenvalue weighted by Gasteiger charge is -2.12. The predicted octanol–water partition coefficient (Wildman–Crippen LogP) is 2.51. The first-order valence-electron chi connectivity index (χ1n) is 5.22. The van der Waals surface area contributed by atoms with Gasteiger partial charge in [0.25, 0.3) is 0 Å². The van der Waals surface area contributed by atoms with Gasteiger partial charge in [0.1, 0.15) is 0 Å². The zero-order valence-corrected chi connectivity index (χ0v) is 10.0. The maximum absolute atomic E-state index is 8.76. The summed E-state index contributed by atoms with van der Waals surface area (Å²) in [5, 5.41) is 12.9. The van der Waals surface area contributed by atoms with Crippen LogP contribution in [0, 0.1) is 6.92 Å². The molecule has 1 atom stereocenters. The lowest BCUT2D eigenvalue weighted by Crippen LogP contribution is -2.26. The van der Waals surface area contributed by atoms with Gasteiger partial charge in [-0.1, -0.05) is 23.7 Å². The van der Waals surface area contributed by atoms with Crippen molar-refractivity contribution < 1.29 is 5.11 Å². The first-order valence-corrected chi connectivity index (χ1v) is 5.60. The van der Waals surface area contributed by atoms with Crippen molar-refractivity contribution in [2.75, 3.05) is 6.61 Å². The van der Waals surface area contributed by atoms with Gasteiger partial charge in [0.2, 0.25) is 0 Å². The fourth-order valence-electron chi connectivity index (χ4n) is 1.40. The van der Waals surface area contributed by atoms with Gasteiger partial charge in [0.15, 0.2) is 0 Å². The Kier molecular flexibility index (Phi) is 5.09. The van der Waals surface area contributed by atoms with Crippen LogP contribution in [0.1, 0.15) is 24.5 Å². The van der Waals surface area contributed by atoms with Crippen molar-refractivity contribution in [2.24, 2.45) is 0 Å². The second kappa shape index (κ2) is 6.11. The molecule has 0 saturated carbocycles. The van der Waals surface area contributed by atoms with Crippen molar-refractivity contribution in [2.45, 2.75) is 32.9 Å². The molecule has 0 saturated heterocycles. The smallest absolute Gasteiger partial charge is 0.0445 e. The van der Waals surface area contributed by atoms with Crippen LogP contribution in [0.5, 0.6) is 0 Å². The highest BCUT2D eigenvalue weighted by Crippen LogP contribution is 2.16. The maximum atomic E-state index is 8.76. The lowest BCUT2D eigenvalue weighted by atomic mass is 10.1. The number of aliphatic hydroxyl groups excluding tert-OH is 1. The third-order valence-corrected chi connectivity index (χ3v) is 2.86. The van der Waals surface area contributed by atoms with Gasteiger partial charge < -0.3 is 10.4 Å². The summed E-state index contributed by atoms with van der Waals surface area (Å²) in [7, 11) is 0. The minimum Gasteiger partial charge on any atom is -0.396 e. The maximum Gasteiger partial charge on any atom is 0.0445 e. The van der Waals surface area contributed by atoms with Gasteiger partial charge in [-0.2, -0.15) is 0 Å². The van der Waals surface area contributed by atoms with E-state index in [9.17, 15) is 0 Å². The van der Waals surface area contributed by atoms with E-state index in [0.29, 0.717) is 6.04 Å². The van der Waals surface area contributed by atoms with E-state index in [1.807, 2.05) is 19.1 Å². The Morgan fingerprint density at radius 1 is 1.47 bits per heavy atom. The molecule has 3 heteroatoms. The second-order valence-electron chi connectivity index (χ2n) is 3.88. The highest BCUT2D eigenvalue weighted by atomic mass is 35.5. The summed E-state index contributed by atoms with van der Waals surface area (Å²) >= 11 is 5.94. The summed E-state index contributed by atoms with van der Waals surface area (Å²) < 4.78 is 0. The molecule has 0 radical (unpaired) electrons. The second-order valence-corrected chi connectivity index (χ2v) is 4.28. The van der Waals surface area contributed by atoms with Crippen LogP contribution >= 0.6 is 11.6 Å². The third-order valence-electron chi connectivity index (χ3n) is 2.44. The van der Waals surface area contributed by atoms with Crippen molar-refractivity contribution in [3.05, 3.63) is 34.3 Å². The quantitative estimate of drug-likeness (QED) is 0.810. The van der Waals surface area contributed by atoms with Crippen LogP contribution in [0.3, 0.4) is 0 Å². The molecule has 0 aromatic heterocycles. The van der Waals surface area contributed by atoms with E-state index in [0.717, 1.165) is 23.6 Å². The molecule has 15 heavy (non-hydrogen) atoms. The van der Waals surface area contributed by atoms with Gasteiger partial charge in [-0.3, -0.25) is 0 Å². The fourth-order valence-corrected chi connectivity index (χ4v) is 1.52. The summed E-state index contributed by atoms with van der Waals surface area (Å²) in [5.74, 6) is 0. The van der Waals surface area contributed by atoms with Gasteiger partial charge >= 0.3 is 0 Å². The van der Waals surface area contributed by atoms with E-state index in [2.05, 4.69) is 18.3 Å². The van der Waals surface area contributed by atoms with Crippen molar-refractivity contribution in [3.63, 3.8) is 0 Å². The average Bonchev–Trinajstić information content (AvgIpc) is 2.20. The van der Waals surface area contributed by atoms with Crippen LogP contribution in [0.15, 0.2) is 18.2 Å². The van der Waals surface area contributed by atoms with Crippen LogP contribution in [-0.4, -0.2) is 17.8 Å². The van der Waals surface area contributed by atoms with Gasteiger partial charge in [-0.05, 0) is 37.5 Å². The molecule has 0 bridgehead atoms. The summed E-state index contributed by atoms with van der Waals surface area (Å²) in [5.41, 5.74) is 2.33. The number of aryl methyl sites for hydroxylation is 1. The SMILES string of the molecule is Cc1cc(CN[C@H](C)CCO)ccc1Cl. The number of aliphatic hydroxyl groups is 1. The summed E-state index contributed by atoms with van der Waals surface area (Å²) in [6.45, 7) is 5.12. The number of nitrogens with one attached hydrogen (secondary N) is 1. The molecular formula is C12H18ClNO. The van der Waals surface area contributed by atoms with Gasteiger partial charge in [0, 0.05) is 24.2 Å². The molecular weight excluding hydrogens is 210 g/mol. The summed E-state index contributed by atoms with van der Waals surface area (Å²) in [6, 6.07) is 6.37. The Labute approximate surface area is 96.3 Å². The van der Waals surface area contributed by atoms with E-state index in [1.54, 1.807) is 0 Å². The molecule has 0 heterocycles. The molecule has 0 fully saturated rings. The molecule has 0 unspecified atom stereocenters. The summed E-state index contributed by atoms with van der Waals surface area (Å²) in [6.07, 6.45) is 0.784. The Morgan fingerprint density at radius 2 is 2.20 bits per heavy atom. The number of benzene rings is 1. The number of halogens is 1. The normalized spacial score (nSPS) is 12.8. The first-order chi connectivity index (χ1) is 7.13. The Balaban J connectivity index is 2.47. The molecule has 0 aliphatic heterocycles. The zero-order chi connectivity index (χ0) is 11.3. The minimum absolute atomic E-state index is 0.230. The van der Waals surface area contributed by atoms with E-state index in [4.69, 9.17) is 16.7 Å². The number of rotatable bonds is 5. The predicted molar refractivity (Wildman–Crippen MR) is 64.2 cm³/mol. The third kappa shape index (κ3) is 4.20. The van der Waals surface area contributed by atoms with Crippen LogP contribution in [0.2, 0.25) is 5.02 Å². The van der Waals surface area contributed by atoms with Crippen LogP contribution in [-0.2, 0) is 6.54 Å². The van der Waals surface area contributed by atoms with E-state index in [-0.39, 0.29) is 6.61 Å². The highest BCUT2D eigenvalue weighted by Gasteiger charge is 2.01. The van der Waals surface area contributed by atoms with Crippen LogP contribution < -0.4 is 5.32 Å². The molecule has 0 amide bonds.